The Hall–Kier alpha value is -1.59. The lowest BCUT2D eigenvalue weighted by Crippen LogP contribution is -2.49. The molecule has 14 heavy (non-hydrogen) atoms. The van der Waals surface area contributed by atoms with E-state index in [0.717, 1.165) is 0 Å². The summed E-state index contributed by atoms with van der Waals surface area (Å²) < 4.78 is 9.45. The molecule has 0 spiro atoms. The zero-order chi connectivity index (χ0) is 10.8. The molecule has 0 aromatic heterocycles. The zero-order valence-corrected chi connectivity index (χ0v) is 7.74. The van der Waals surface area contributed by atoms with Crippen LogP contribution in [-0.2, 0) is 23.9 Å². The Morgan fingerprint density at radius 1 is 1.36 bits per heavy atom. The van der Waals surface area contributed by atoms with Crippen LogP contribution in [0.15, 0.2) is 0 Å². The first kappa shape index (κ1) is 10.5. The molecular weight excluding hydrogens is 190 g/mol. The Labute approximate surface area is 80.3 Å². The molecule has 1 rings (SSSR count). The molecule has 0 aliphatic carbocycles. The number of cyclic esters (lactones) is 2. The number of carbonyl (C=O) groups is 3. The van der Waals surface area contributed by atoms with Crippen LogP contribution in [0, 0.1) is 0 Å². The van der Waals surface area contributed by atoms with Gasteiger partial charge in [0, 0.05) is 6.42 Å². The van der Waals surface area contributed by atoms with Crippen molar-refractivity contribution in [2.45, 2.75) is 32.0 Å². The molecule has 0 saturated carbocycles. The Balaban J connectivity index is 2.97. The van der Waals surface area contributed by atoms with Gasteiger partial charge >= 0.3 is 23.6 Å². The Bertz CT molecular complexity index is 267. The minimum absolute atomic E-state index is 0.0137. The van der Waals surface area contributed by atoms with E-state index in [1.165, 1.54) is 6.92 Å². The van der Waals surface area contributed by atoms with Crippen molar-refractivity contribution >= 4 is 17.8 Å². The topological polar surface area (TPSA) is 95.7 Å². The third kappa shape index (κ3) is 1.84. The molecular formula is C8H11NO5. The van der Waals surface area contributed by atoms with E-state index in [2.05, 4.69) is 0 Å². The molecule has 0 aromatic carbocycles. The number of ether oxygens (including phenoxy) is 2. The Morgan fingerprint density at radius 2 is 1.79 bits per heavy atom. The monoisotopic (exact) mass is 201 g/mol. The summed E-state index contributed by atoms with van der Waals surface area (Å²) in [5.74, 6) is -4.19. The smallest absolute Gasteiger partial charge is 0.335 e. The maximum atomic E-state index is 11.0. The minimum atomic E-state index is -1.91. The highest BCUT2D eigenvalue weighted by atomic mass is 16.7. The van der Waals surface area contributed by atoms with Gasteiger partial charge in [-0.25, -0.2) is 0 Å². The van der Waals surface area contributed by atoms with Gasteiger partial charge in [0.25, 0.3) is 0 Å². The fourth-order valence-corrected chi connectivity index (χ4v) is 1.11. The molecule has 1 aliphatic heterocycles. The van der Waals surface area contributed by atoms with E-state index in [1.807, 2.05) is 0 Å². The molecule has 78 valence electrons. The summed E-state index contributed by atoms with van der Waals surface area (Å²) in [6.45, 7) is 1.54. The molecule has 2 N–H and O–H groups in total. The molecule has 0 atom stereocenters. The van der Waals surface area contributed by atoms with Crippen molar-refractivity contribution in [2.75, 3.05) is 0 Å². The van der Waals surface area contributed by atoms with Gasteiger partial charge in [0.1, 0.15) is 0 Å². The average Bonchev–Trinajstić information content (AvgIpc) is 2.26. The summed E-state index contributed by atoms with van der Waals surface area (Å²) >= 11 is 0. The summed E-state index contributed by atoms with van der Waals surface area (Å²) in [7, 11) is 0. The summed E-state index contributed by atoms with van der Waals surface area (Å²) in [4.78, 5) is 33.1. The van der Waals surface area contributed by atoms with Crippen molar-refractivity contribution in [1.29, 1.82) is 0 Å². The van der Waals surface area contributed by atoms with Crippen LogP contribution in [0.4, 0.5) is 0 Å². The van der Waals surface area contributed by atoms with Crippen LogP contribution < -0.4 is 5.73 Å². The number of primary amides is 1. The maximum absolute atomic E-state index is 11.0. The number of amides is 1. The van der Waals surface area contributed by atoms with E-state index in [-0.39, 0.29) is 19.3 Å². The standard InChI is InChI=1S/C8H11NO5/c1-2-8(7(9)12)13-5(10)3-4-6(11)14-8/h2-4H2,1H3,(H2,9,12). The van der Waals surface area contributed by atoms with E-state index in [0.29, 0.717) is 0 Å². The minimum Gasteiger partial charge on any atom is -0.413 e. The van der Waals surface area contributed by atoms with Gasteiger partial charge in [0.05, 0.1) is 12.8 Å². The van der Waals surface area contributed by atoms with Crippen LogP contribution >= 0.6 is 0 Å². The van der Waals surface area contributed by atoms with Gasteiger partial charge in [-0.2, -0.15) is 0 Å². The first-order valence-corrected chi connectivity index (χ1v) is 4.24. The molecule has 1 fully saturated rings. The highest BCUT2D eigenvalue weighted by Gasteiger charge is 2.45. The van der Waals surface area contributed by atoms with Crippen molar-refractivity contribution in [3.63, 3.8) is 0 Å². The SMILES string of the molecule is CCC1(C(N)=O)OC(=O)CCC(=O)O1. The second-order valence-corrected chi connectivity index (χ2v) is 2.92. The van der Waals surface area contributed by atoms with Gasteiger partial charge in [0.2, 0.25) is 0 Å². The van der Waals surface area contributed by atoms with Crippen molar-refractivity contribution in [1.82, 2.24) is 0 Å². The average molecular weight is 201 g/mol. The van der Waals surface area contributed by atoms with Crippen LogP contribution in [0.5, 0.6) is 0 Å². The molecule has 1 heterocycles. The number of hydrogen-bond donors (Lipinski definition) is 1. The molecule has 0 aromatic rings. The highest BCUT2D eigenvalue weighted by molar-refractivity contribution is 5.90. The van der Waals surface area contributed by atoms with Gasteiger partial charge < -0.3 is 15.2 Å². The van der Waals surface area contributed by atoms with Crippen molar-refractivity contribution in [3.05, 3.63) is 0 Å². The predicted molar refractivity (Wildman–Crippen MR) is 43.6 cm³/mol. The molecule has 1 amide bonds. The molecule has 6 heteroatoms. The Morgan fingerprint density at radius 3 is 2.07 bits per heavy atom. The van der Waals surface area contributed by atoms with Gasteiger partial charge in [-0.05, 0) is 0 Å². The van der Waals surface area contributed by atoms with Crippen molar-refractivity contribution in [2.24, 2.45) is 5.73 Å². The van der Waals surface area contributed by atoms with E-state index >= 15 is 0 Å². The number of nitrogens with two attached hydrogens (primary N) is 1. The second-order valence-electron chi connectivity index (χ2n) is 2.92. The lowest BCUT2D eigenvalue weighted by molar-refractivity contribution is -0.220. The number of esters is 2. The number of hydrogen-bond acceptors (Lipinski definition) is 5. The number of rotatable bonds is 2. The fourth-order valence-electron chi connectivity index (χ4n) is 1.11. The maximum Gasteiger partial charge on any atom is 0.335 e. The molecule has 0 unspecified atom stereocenters. The van der Waals surface area contributed by atoms with Crippen molar-refractivity contribution in [3.8, 4) is 0 Å². The predicted octanol–water partition coefficient (Wildman–Crippen LogP) is -0.542. The number of carbonyl (C=O) groups excluding carboxylic acids is 3. The zero-order valence-electron chi connectivity index (χ0n) is 7.74. The third-order valence-corrected chi connectivity index (χ3v) is 1.93. The second kappa shape index (κ2) is 3.65. The van der Waals surface area contributed by atoms with Crippen LogP contribution in [0.2, 0.25) is 0 Å². The highest BCUT2D eigenvalue weighted by Crippen LogP contribution is 2.23. The lowest BCUT2D eigenvalue weighted by Gasteiger charge is -2.26. The molecule has 1 saturated heterocycles. The first-order chi connectivity index (χ1) is 6.50. The lowest BCUT2D eigenvalue weighted by atomic mass is 10.2. The van der Waals surface area contributed by atoms with Crippen molar-refractivity contribution < 1.29 is 23.9 Å². The summed E-state index contributed by atoms with van der Waals surface area (Å²) in [5.41, 5.74) is 5.01. The van der Waals surface area contributed by atoms with Gasteiger partial charge in [-0.1, -0.05) is 6.92 Å². The summed E-state index contributed by atoms with van der Waals surface area (Å²) in [6.07, 6.45) is -0.165. The van der Waals surface area contributed by atoms with Crippen LogP contribution in [-0.4, -0.2) is 23.6 Å². The first-order valence-electron chi connectivity index (χ1n) is 4.24. The molecule has 1 aliphatic rings. The summed E-state index contributed by atoms with van der Waals surface area (Å²) in [6, 6.07) is 0. The normalized spacial score (nSPS) is 20.6. The molecule has 0 radical (unpaired) electrons. The van der Waals surface area contributed by atoms with Gasteiger partial charge in [-0.3, -0.25) is 14.4 Å². The van der Waals surface area contributed by atoms with E-state index in [4.69, 9.17) is 15.2 Å². The molecule has 0 bridgehead atoms. The van der Waals surface area contributed by atoms with Crippen LogP contribution in [0.3, 0.4) is 0 Å². The quantitative estimate of drug-likeness (QED) is 0.605. The van der Waals surface area contributed by atoms with E-state index in [9.17, 15) is 14.4 Å². The third-order valence-electron chi connectivity index (χ3n) is 1.93. The van der Waals surface area contributed by atoms with Crippen LogP contribution in [0.25, 0.3) is 0 Å². The fraction of sp³-hybridized carbons (Fsp3) is 0.625. The van der Waals surface area contributed by atoms with Gasteiger partial charge in [0.15, 0.2) is 0 Å². The molecule has 6 nitrogen and oxygen atoms in total. The summed E-state index contributed by atoms with van der Waals surface area (Å²) in [5, 5.41) is 0. The Kier molecular flexibility index (Phi) is 2.73. The van der Waals surface area contributed by atoms with E-state index < -0.39 is 23.6 Å². The van der Waals surface area contributed by atoms with Gasteiger partial charge in [-0.15, -0.1) is 0 Å². The largest absolute Gasteiger partial charge is 0.413 e. The van der Waals surface area contributed by atoms with Crippen LogP contribution in [0.1, 0.15) is 26.2 Å². The van der Waals surface area contributed by atoms with E-state index in [1.54, 1.807) is 0 Å².